The minimum atomic E-state index is -0.868. The van der Waals surface area contributed by atoms with Crippen molar-refractivity contribution >= 4 is 45.9 Å². The molecule has 120 valence electrons. The summed E-state index contributed by atoms with van der Waals surface area (Å²) in [6.07, 6.45) is 0.493. The van der Waals surface area contributed by atoms with Crippen molar-refractivity contribution in [3.05, 3.63) is 24.0 Å². The van der Waals surface area contributed by atoms with E-state index in [9.17, 15) is 9.90 Å². The lowest BCUT2D eigenvalue weighted by molar-refractivity contribution is -0.139. The number of imidazole rings is 1. The van der Waals surface area contributed by atoms with E-state index in [-0.39, 0.29) is 0 Å². The number of halogens is 2. The molecule has 0 radical (unpaired) electrons. The first kappa shape index (κ1) is 16.9. The summed E-state index contributed by atoms with van der Waals surface area (Å²) < 4.78 is 0. The molecule has 0 fully saturated rings. The van der Waals surface area contributed by atoms with Gasteiger partial charge in [-0.1, -0.05) is 6.92 Å². The predicted octanol–water partition coefficient (Wildman–Crippen LogP) is 3.43. The van der Waals surface area contributed by atoms with E-state index < -0.39 is 11.9 Å². The molecule has 1 aromatic carbocycles. The van der Waals surface area contributed by atoms with Gasteiger partial charge in [0, 0.05) is 30.5 Å². The van der Waals surface area contributed by atoms with Crippen molar-refractivity contribution in [2.45, 2.75) is 19.3 Å². The quantitative estimate of drug-likeness (QED) is 0.720. The van der Waals surface area contributed by atoms with Gasteiger partial charge in [0.1, 0.15) is 11.7 Å². The summed E-state index contributed by atoms with van der Waals surface area (Å²) in [5.41, 5.74) is 2.57. The molecule has 0 aliphatic rings. The number of aliphatic carboxylic acids is 1. The number of fused-ring (bicyclic) bond motifs is 1. The summed E-state index contributed by atoms with van der Waals surface area (Å²) in [6, 6.07) is 5.79. The second kappa shape index (κ2) is 7.70. The first-order valence-electron chi connectivity index (χ1n) is 7.20. The van der Waals surface area contributed by atoms with Crippen molar-refractivity contribution in [1.82, 2.24) is 9.97 Å². The first-order valence-corrected chi connectivity index (χ1v) is 8.27. The average Bonchev–Trinajstić information content (AvgIpc) is 2.89. The molecule has 1 heterocycles. The van der Waals surface area contributed by atoms with Crippen LogP contribution in [0.4, 0.5) is 5.69 Å². The highest BCUT2D eigenvalue weighted by Gasteiger charge is 2.21. The SMILES string of the molecule is CC[C@@H](C(=O)O)c1nc2ccc(N(CCCl)CCCl)cc2[nH]1. The highest BCUT2D eigenvalue weighted by molar-refractivity contribution is 6.18. The zero-order valence-electron chi connectivity index (χ0n) is 12.4. The Bertz CT molecular complexity index is 639. The molecule has 0 saturated heterocycles. The van der Waals surface area contributed by atoms with Gasteiger partial charge in [-0.05, 0) is 24.6 Å². The molecular formula is C15H19Cl2N3O2. The number of carbonyl (C=O) groups is 1. The number of hydrogen-bond donors (Lipinski definition) is 2. The Balaban J connectivity index is 2.35. The maximum Gasteiger partial charge on any atom is 0.314 e. The second-order valence-corrected chi connectivity index (χ2v) is 5.74. The van der Waals surface area contributed by atoms with Crippen molar-refractivity contribution in [2.75, 3.05) is 29.7 Å². The maximum atomic E-state index is 11.3. The largest absolute Gasteiger partial charge is 0.481 e. The Morgan fingerprint density at radius 3 is 2.59 bits per heavy atom. The number of benzene rings is 1. The number of carboxylic acids is 1. The van der Waals surface area contributed by atoms with Gasteiger partial charge in [-0.15, -0.1) is 23.2 Å². The summed E-state index contributed by atoms with van der Waals surface area (Å²) in [4.78, 5) is 20.9. The third-order valence-electron chi connectivity index (χ3n) is 3.59. The molecule has 7 heteroatoms. The summed E-state index contributed by atoms with van der Waals surface area (Å²) in [5.74, 6) is 0.0360. The van der Waals surface area contributed by atoms with E-state index in [0.717, 1.165) is 16.7 Å². The van der Waals surface area contributed by atoms with E-state index in [0.29, 0.717) is 37.1 Å². The molecule has 22 heavy (non-hydrogen) atoms. The van der Waals surface area contributed by atoms with Gasteiger partial charge in [0.05, 0.1) is 11.0 Å². The molecule has 0 aliphatic heterocycles. The number of aromatic amines is 1. The zero-order valence-corrected chi connectivity index (χ0v) is 13.9. The Labute approximate surface area is 139 Å². The molecule has 1 aromatic heterocycles. The van der Waals surface area contributed by atoms with Crippen LogP contribution in [0.15, 0.2) is 18.2 Å². The highest BCUT2D eigenvalue weighted by Crippen LogP contribution is 2.24. The fourth-order valence-electron chi connectivity index (χ4n) is 2.44. The van der Waals surface area contributed by atoms with Crippen LogP contribution < -0.4 is 4.90 Å². The number of alkyl halides is 2. The minimum absolute atomic E-state index is 0.489. The van der Waals surface area contributed by atoms with Crippen LogP contribution in [0.25, 0.3) is 11.0 Å². The van der Waals surface area contributed by atoms with Gasteiger partial charge in [0.25, 0.3) is 0 Å². The average molecular weight is 344 g/mol. The Morgan fingerprint density at radius 2 is 2.05 bits per heavy atom. The van der Waals surface area contributed by atoms with Crippen LogP contribution in [-0.4, -0.2) is 45.9 Å². The van der Waals surface area contributed by atoms with Crippen LogP contribution in [0.3, 0.4) is 0 Å². The Morgan fingerprint density at radius 1 is 1.36 bits per heavy atom. The van der Waals surface area contributed by atoms with Gasteiger partial charge < -0.3 is 15.0 Å². The third kappa shape index (κ3) is 3.65. The van der Waals surface area contributed by atoms with Crippen LogP contribution in [0, 0.1) is 0 Å². The topological polar surface area (TPSA) is 69.2 Å². The van der Waals surface area contributed by atoms with E-state index in [2.05, 4.69) is 14.9 Å². The van der Waals surface area contributed by atoms with Crippen molar-refractivity contribution in [3.63, 3.8) is 0 Å². The van der Waals surface area contributed by atoms with E-state index in [1.807, 2.05) is 25.1 Å². The second-order valence-electron chi connectivity index (χ2n) is 4.99. The van der Waals surface area contributed by atoms with E-state index in [1.165, 1.54) is 0 Å². The fraction of sp³-hybridized carbons (Fsp3) is 0.467. The molecular weight excluding hydrogens is 325 g/mol. The van der Waals surface area contributed by atoms with Gasteiger partial charge in [0.15, 0.2) is 0 Å². The van der Waals surface area contributed by atoms with Gasteiger partial charge >= 0.3 is 5.97 Å². The summed E-state index contributed by atoms with van der Waals surface area (Å²) in [5, 5.41) is 9.24. The summed E-state index contributed by atoms with van der Waals surface area (Å²) in [6.45, 7) is 3.24. The Kier molecular flexibility index (Phi) is 5.91. The number of aromatic nitrogens is 2. The van der Waals surface area contributed by atoms with Crippen LogP contribution >= 0.6 is 23.2 Å². The van der Waals surface area contributed by atoms with Crippen LogP contribution in [0.5, 0.6) is 0 Å². The fourth-order valence-corrected chi connectivity index (χ4v) is 2.85. The van der Waals surface area contributed by atoms with Crippen molar-refractivity contribution in [1.29, 1.82) is 0 Å². The summed E-state index contributed by atoms with van der Waals surface area (Å²) >= 11 is 11.7. The van der Waals surface area contributed by atoms with E-state index in [1.54, 1.807) is 0 Å². The minimum Gasteiger partial charge on any atom is -0.481 e. The number of anilines is 1. The Hall–Kier alpha value is -1.46. The predicted molar refractivity (Wildman–Crippen MR) is 90.4 cm³/mol. The van der Waals surface area contributed by atoms with Gasteiger partial charge in [-0.3, -0.25) is 4.79 Å². The molecule has 0 unspecified atom stereocenters. The van der Waals surface area contributed by atoms with Crippen LogP contribution in [0.1, 0.15) is 25.1 Å². The van der Waals surface area contributed by atoms with Gasteiger partial charge in [0.2, 0.25) is 0 Å². The molecule has 2 aromatic rings. The molecule has 0 spiro atoms. The van der Waals surface area contributed by atoms with Gasteiger partial charge in [-0.25, -0.2) is 4.98 Å². The van der Waals surface area contributed by atoms with Crippen molar-refractivity contribution < 1.29 is 9.90 Å². The van der Waals surface area contributed by atoms with Crippen molar-refractivity contribution in [3.8, 4) is 0 Å². The first-order chi connectivity index (χ1) is 10.6. The third-order valence-corrected chi connectivity index (χ3v) is 3.93. The molecule has 0 saturated carbocycles. The number of nitrogens with one attached hydrogen (secondary N) is 1. The molecule has 0 bridgehead atoms. The number of nitrogens with zero attached hydrogens (tertiary/aromatic N) is 2. The molecule has 1 atom stereocenters. The lowest BCUT2D eigenvalue weighted by Crippen LogP contribution is -2.27. The number of carboxylic acid groups (broad SMARTS) is 1. The van der Waals surface area contributed by atoms with Crippen molar-refractivity contribution in [2.24, 2.45) is 0 Å². The molecule has 0 aliphatic carbocycles. The van der Waals surface area contributed by atoms with Crippen LogP contribution in [0.2, 0.25) is 0 Å². The number of rotatable bonds is 8. The maximum absolute atomic E-state index is 11.3. The number of hydrogen-bond acceptors (Lipinski definition) is 3. The normalized spacial score (nSPS) is 12.5. The molecule has 0 amide bonds. The van der Waals surface area contributed by atoms with Crippen LogP contribution in [-0.2, 0) is 4.79 Å². The number of H-pyrrole nitrogens is 1. The lowest BCUT2D eigenvalue weighted by atomic mass is 10.1. The van der Waals surface area contributed by atoms with E-state index in [4.69, 9.17) is 23.2 Å². The summed E-state index contributed by atoms with van der Waals surface area (Å²) in [7, 11) is 0. The standard InChI is InChI=1S/C15H19Cl2N3O2/c1-2-11(15(21)22)14-18-12-4-3-10(9-13(12)19-14)20(7-5-16)8-6-17/h3-4,9,11H,2,5-8H2,1H3,(H,18,19)(H,21,22)/t11-/m1/s1. The molecule has 2 rings (SSSR count). The smallest absolute Gasteiger partial charge is 0.314 e. The lowest BCUT2D eigenvalue weighted by Gasteiger charge is -2.22. The molecule has 5 nitrogen and oxygen atoms in total. The molecule has 2 N–H and O–H groups in total. The highest BCUT2D eigenvalue weighted by atomic mass is 35.5. The van der Waals surface area contributed by atoms with Gasteiger partial charge in [-0.2, -0.15) is 0 Å². The van der Waals surface area contributed by atoms with E-state index >= 15 is 0 Å². The zero-order chi connectivity index (χ0) is 16.1. The monoisotopic (exact) mass is 343 g/mol.